The highest BCUT2D eigenvalue weighted by Gasteiger charge is 2.26. The lowest BCUT2D eigenvalue weighted by atomic mass is 10.1. The molecule has 2 aromatic rings. The van der Waals surface area contributed by atoms with Crippen LogP contribution >= 0.6 is 11.3 Å². The monoisotopic (exact) mass is 314 g/mol. The summed E-state index contributed by atoms with van der Waals surface area (Å²) in [6, 6.07) is 6.43. The lowest BCUT2D eigenvalue weighted by molar-refractivity contribution is -0.128. The topological polar surface area (TPSA) is 25.2 Å². The van der Waals surface area contributed by atoms with Gasteiger partial charge in [-0.1, -0.05) is 12.8 Å². The molecule has 0 saturated carbocycles. The standard InChI is InChI=1S/C18H22N2OS/c1-19-11-5-7-16(19)17-6-3-2-4-12-20(17)18(21)9-8-15-10-13-22-14-15/h5,7-11,13-14,17H,2-4,6,12H2,1H3/b9-8+. The normalized spacial score (nSPS) is 19.5. The van der Waals surface area contributed by atoms with Crippen LogP contribution in [-0.4, -0.2) is 21.9 Å². The van der Waals surface area contributed by atoms with Crippen molar-refractivity contribution in [3.63, 3.8) is 0 Å². The first kappa shape index (κ1) is 15.1. The van der Waals surface area contributed by atoms with Crippen molar-refractivity contribution in [3.8, 4) is 0 Å². The van der Waals surface area contributed by atoms with Crippen molar-refractivity contribution >= 4 is 23.3 Å². The van der Waals surface area contributed by atoms with Crippen LogP contribution < -0.4 is 0 Å². The van der Waals surface area contributed by atoms with E-state index in [0.29, 0.717) is 0 Å². The Morgan fingerprint density at radius 2 is 2.23 bits per heavy atom. The van der Waals surface area contributed by atoms with Crippen molar-refractivity contribution in [3.05, 3.63) is 52.5 Å². The first-order valence-corrected chi connectivity index (χ1v) is 8.82. The van der Waals surface area contributed by atoms with E-state index in [1.54, 1.807) is 17.4 Å². The van der Waals surface area contributed by atoms with Gasteiger partial charge >= 0.3 is 0 Å². The van der Waals surface area contributed by atoms with Gasteiger partial charge in [0.1, 0.15) is 0 Å². The van der Waals surface area contributed by atoms with E-state index in [1.807, 2.05) is 22.4 Å². The molecule has 2 aromatic heterocycles. The minimum absolute atomic E-state index is 0.124. The molecule has 0 N–H and O–H groups in total. The summed E-state index contributed by atoms with van der Waals surface area (Å²) in [5, 5.41) is 4.09. The molecular weight excluding hydrogens is 292 g/mol. The first-order chi connectivity index (χ1) is 10.8. The number of likely N-dealkylation sites (tertiary alicyclic amines) is 1. The molecule has 3 rings (SSSR count). The van der Waals surface area contributed by atoms with Crippen LogP contribution in [0.2, 0.25) is 0 Å². The number of carbonyl (C=O) groups excluding carboxylic acids is 1. The van der Waals surface area contributed by atoms with Crippen molar-refractivity contribution in [1.29, 1.82) is 0 Å². The van der Waals surface area contributed by atoms with Crippen molar-refractivity contribution in [2.75, 3.05) is 6.54 Å². The largest absolute Gasteiger partial charge is 0.353 e. The van der Waals surface area contributed by atoms with Crippen LogP contribution in [0.4, 0.5) is 0 Å². The molecule has 22 heavy (non-hydrogen) atoms. The highest BCUT2D eigenvalue weighted by atomic mass is 32.1. The Kier molecular flexibility index (Phi) is 4.78. The van der Waals surface area contributed by atoms with Crippen LogP contribution in [0.25, 0.3) is 6.08 Å². The Bertz CT molecular complexity index is 642. The number of aromatic nitrogens is 1. The molecule has 1 aliphatic rings. The summed E-state index contributed by atoms with van der Waals surface area (Å²) in [5.74, 6) is 0.124. The molecule has 0 radical (unpaired) electrons. The second-order valence-corrected chi connectivity index (χ2v) is 6.61. The van der Waals surface area contributed by atoms with Gasteiger partial charge < -0.3 is 9.47 Å². The number of rotatable bonds is 3. The fourth-order valence-electron chi connectivity index (χ4n) is 3.13. The lowest BCUT2D eigenvalue weighted by Gasteiger charge is -2.29. The van der Waals surface area contributed by atoms with Gasteiger partial charge in [0.25, 0.3) is 0 Å². The van der Waals surface area contributed by atoms with Crippen LogP contribution in [0.1, 0.15) is 43.0 Å². The van der Waals surface area contributed by atoms with Gasteiger partial charge in [0, 0.05) is 31.6 Å². The molecule has 1 fully saturated rings. The summed E-state index contributed by atoms with van der Waals surface area (Å²) < 4.78 is 2.14. The van der Waals surface area contributed by atoms with E-state index in [-0.39, 0.29) is 11.9 Å². The maximum Gasteiger partial charge on any atom is 0.247 e. The number of nitrogens with zero attached hydrogens (tertiary/aromatic N) is 2. The summed E-state index contributed by atoms with van der Waals surface area (Å²) in [7, 11) is 2.06. The average Bonchev–Trinajstić information content (AvgIpc) is 3.12. The van der Waals surface area contributed by atoms with Crippen LogP contribution in [-0.2, 0) is 11.8 Å². The Balaban J connectivity index is 1.81. The van der Waals surface area contributed by atoms with Gasteiger partial charge in [-0.25, -0.2) is 0 Å². The number of aryl methyl sites for hydroxylation is 1. The van der Waals surface area contributed by atoms with Crippen LogP contribution in [0.5, 0.6) is 0 Å². The van der Waals surface area contributed by atoms with Crippen LogP contribution in [0, 0.1) is 0 Å². The van der Waals surface area contributed by atoms with Crippen LogP contribution in [0.3, 0.4) is 0 Å². The summed E-state index contributed by atoms with van der Waals surface area (Å²) in [6.07, 6.45) is 10.3. The molecule has 0 aliphatic carbocycles. The molecule has 0 bridgehead atoms. The van der Waals surface area contributed by atoms with E-state index in [1.165, 1.54) is 18.5 Å². The molecule has 3 heterocycles. The van der Waals surface area contributed by atoms with Gasteiger partial charge in [-0.05, 0) is 53.4 Å². The predicted molar refractivity (Wildman–Crippen MR) is 91.7 cm³/mol. The summed E-state index contributed by atoms with van der Waals surface area (Å²) in [4.78, 5) is 14.7. The van der Waals surface area contributed by atoms with E-state index in [4.69, 9.17) is 0 Å². The molecular formula is C18H22N2OS. The molecule has 1 saturated heterocycles. The summed E-state index contributed by atoms with van der Waals surface area (Å²) in [5.41, 5.74) is 2.34. The SMILES string of the molecule is Cn1cccc1C1CCCCCN1C(=O)/C=C/c1ccsc1. The molecule has 1 atom stereocenters. The highest BCUT2D eigenvalue weighted by Crippen LogP contribution is 2.30. The number of carbonyl (C=O) groups is 1. The first-order valence-electron chi connectivity index (χ1n) is 7.88. The fourth-order valence-corrected chi connectivity index (χ4v) is 3.76. The van der Waals surface area contributed by atoms with Crippen molar-refractivity contribution in [1.82, 2.24) is 9.47 Å². The Morgan fingerprint density at radius 3 is 2.95 bits per heavy atom. The van der Waals surface area contributed by atoms with Crippen molar-refractivity contribution < 1.29 is 4.79 Å². The maximum atomic E-state index is 12.7. The Morgan fingerprint density at radius 1 is 1.32 bits per heavy atom. The minimum atomic E-state index is 0.124. The molecule has 1 unspecified atom stereocenters. The van der Waals surface area contributed by atoms with Gasteiger partial charge in [0.15, 0.2) is 0 Å². The predicted octanol–water partition coefficient (Wildman–Crippen LogP) is 4.24. The number of hydrogen-bond donors (Lipinski definition) is 0. The zero-order valence-electron chi connectivity index (χ0n) is 12.9. The molecule has 0 spiro atoms. The second kappa shape index (κ2) is 6.97. The van der Waals surface area contributed by atoms with E-state index < -0.39 is 0 Å². The average molecular weight is 314 g/mol. The molecule has 0 aromatic carbocycles. The van der Waals surface area contributed by atoms with Gasteiger partial charge in [-0.15, -0.1) is 0 Å². The van der Waals surface area contributed by atoms with Gasteiger partial charge in [-0.3, -0.25) is 4.79 Å². The highest BCUT2D eigenvalue weighted by molar-refractivity contribution is 7.08. The lowest BCUT2D eigenvalue weighted by Crippen LogP contribution is -2.34. The van der Waals surface area contributed by atoms with Gasteiger partial charge in [-0.2, -0.15) is 11.3 Å². The van der Waals surface area contributed by atoms with Gasteiger partial charge in [0.2, 0.25) is 5.91 Å². The quantitative estimate of drug-likeness (QED) is 0.778. The summed E-state index contributed by atoms with van der Waals surface area (Å²) >= 11 is 1.65. The van der Waals surface area contributed by atoms with E-state index in [9.17, 15) is 4.79 Å². The Hall–Kier alpha value is -1.81. The van der Waals surface area contributed by atoms with E-state index >= 15 is 0 Å². The molecule has 1 amide bonds. The van der Waals surface area contributed by atoms with E-state index in [0.717, 1.165) is 24.9 Å². The van der Waals surface area contributed by atoms with Gasteiger partial charge in [0.05, 0.1) is 6.04 Å². The number of thiophene rings is 1. The van der Waals surface area contributed by atoms with Crippen molar-refractivity contribution in [2.24, 2.45) is 7.05 Å². The molecule has 1 aliphatic heterocycles. The maximum absolute atomic E-state index is 12.7. The van der Waals surface area contributed by atoms with Crippen LogP contribution in [0.15, 0.2) is 41.2 Å². The second-order valence-electron chi connectivity index (χ2n) is 5.83. The van der Waals surface area contributed by atoms with E-state index in [2.05, 4.69) is 35.3 Å². The number of amides is 1. The zero-order valence-corrected chi connectivity index (χ0v) is 13.8. The van der Waals surface area contributed by atoms with Crippen molar-refractivity contribution in [2.45, 2.75) is 31.7 Å². The number of hydrogen-bond acceptors (Lipinski definition) is 2. The third-order valence-corrected chi connectivity index (χ3v) is 5.02. The third-order valence-electron chi connectivity index (χ3n) is 4.32. The smallest absolute Gasteiger partial charge is 0.247 e. The third kappa shape index (κ3) is 3.33. The molecule has 116 valence electrons. The minimum Gasteiger partial charge on any atom is -0.353 e. The summed E-state index contributed by atoms with van der Waals surface area (Å²) in [6.45, 7) is 0.850. The molecule has 3 nitrogen and oxygen atoms in total. The Labute approximate surface area is 135 Å². The fraction of sp³-hybridized carbons (Fsp3) is 0.389. The molecule has 4 heteroatoms. The zero-order chi connectivity index (χ0) is 15.4.